The second-order valence-corrected chi connectivity index (χ2v) is 7.80. The van der Waals surface area contributed by atoms with Gasteiger partial charge in [0.2, 0.25) is 11.8 Å². The van der Waals surface area contributed by atoms with E-state index in [0.29, 0.717) is 5.91 Å². The Morgan fingerprint density at radius 3 is 2.16 bits per heavy atom. The van der Waals surface area contributed by atoms with E-state index in [4.69, 9.17) is 0 Å². The monoisotopic (exact) mass is 340 g/mol. The average molecular weight is 340 g/mol. The van der Waals surface area contributed by atoms with Gasteiger partial charge in [-0.15, -0.1) is 0 Å². The Bertz CT molecular complexity index is 643. The van der Waals surface area contributed by atoms with Gasteiger partial charge >= 0.3 is 0 Å². The van der Waals surface area contributed by atoms with Gasteiger partial charge in [0, 0.05) is 37.2 Å². The van der Waals surface area contributed by atoms with Crippen LogP contribution in [-0.4, -0.2) is 36.3 Å². The molecule has 2 aliphatic heterocycles. The van der Waals surface area contributed by atoms with E-state index in [1.807, 2.05) is 17.0 Å². The van der Waals surface area contributed by atoms with Gasteiger partial charge in [0.05, 0.1) is 0 Å². The Kier molecular flexibility index (Phi) is 4.78. The summed E-state index contributed by atoms with van der Waals surface area (Å²) in [6.45, 7) is 2.68. The number of para-hydroxylation sites is 1. The van der Waals surface area contributed by atoms with Crippen molar-refractivity contribution in [2.75, 3.05) is 24.5 Å². The van der Waals surface area contributed by atoms with Gasteiger partial charge in [0.15, 0.2) is 0 Å². The lowest BCUT2D eigenvalue weighted by Crippen LogP contribution is -2.42. The van der Waals surface area contributed by atoms with Gasteiger partial charge in [-0.05, 0) is 63.0 Å². The predicted octanol–water partition coefficient (Wildman–Crippen LogP) is 3.39. The van der Waals surface area contributed by atoms with E-state index in [0.717, 1.165) is 70.3 Å². The third-order valence-electron chi connectivity index (χ3n) is 6.25. The zero-order chi connectivity index (χ0) is 17.2. The van der Waals surface area contributed by atoms with E-state index >= 15 is 0 Å². The molecule has 134 valence electrons. The van der Waals surface area contributed by atoms with Crippen molar-refractivity contribution in [2.24, 2.45) is 11.8 Å². The Labute approximate surface area is 150 Å². The van der Waals surface area contributed by atoms with Crippen LogP contribution in [-0.2, 0) is 16.0 Å². The van der Waals surface area contributed by atoms with Gasteiger partial charge < -0.3 is 9.80 Å². The maximum Gasteiger partial charge on any atom is 0.230 e. The van der Waals surface area contributed by atoms with Crippen molar-refractivity contribution in [1.29, 1.82) is 0 Å². The van der Waals surface area contributed by atoms with E-state index in [1.165, 1.54) is 12.0 Å². The van der Waals surface area contributed by atoms with E-state index in [1.54, 1.807) is 0 Å². The van der Waals surface area contributed by atoms with Crippen molar-refractivity contribution in [3.8, 4) is 0 Å². The lowest BCUT2D eigenvalue weighted by molar-refractivity contribution is -0.138. The fourth-order valence-electron chi connectivity index (χ4n) is 4.75. The lowest BCUT2D eigenvalue weighted by Gasteiger charge is -2.34. The van der Waals surface area contributed by atoms with Crippen LogP contribution in [0.1, 0.15) is 50.5 Å². The van der Waals surface area contributed by atoms with Crippen LogP contribution in [0.25, 0.3) is 0 Å². The number of hydrogen-bond acceptors (Lipinski definition) is 2. The minimum absolute atomic E-state index is 0.0940. The minimum atomic E-state index is 0.0940. The van der Waals surface area contributed by atoms with Crippen molar-refractivity contribution >= 4 is 17.5 Å². The first-order valence-electron chi connectivity index (χ1n) is 9.92. The summed E-state index contributed by atoms with van der Waals surface area (Å²) in [5, 5.41) is 0. The van der Waals surface area contributed by atoms with Crippen molar-refractivity contribution in [2.45, 2.75) is 51.4 Å². The summed E-state index contributed by atoms with van der Waals surface area (Å²) in [6, 6.07) is 8.24. The quantitative estimate of drug-likeness (QED) is 0.828. The molecule has 0 atom stereocenters. The normalized spacial score (nSPS) is 26.4. The van der Waals surface area contributed by atoms with Gasteiger partial charge in [-0.2, -0.15) is 0 Å². The Morgan fingerprint density at radius 1 is 0.800 bits per heavy atom. The molecule has 2 heterocycles. The van der Waals surface area contributed by atoms with Crippen molar-refractivity contribution in [3.05, 3.63) is 29.8 Å². The zero-order valence-electron chi connectivity index (χ0n) is 15.0. The Balaban J connectivity index is 1.34. The van der Waals surface area contributed by atoms with E-state index in [-0.39, 0.29) is 17.7 Å². The highest BCUT2D eigenvalue weighted by Crippen LogP contribution is 2.35. The molecule has 2 fully saturated rings. The third-order valence-corrected chi connectivity index (χ3v) is 6.25. The molecule has 1 saturated heterocycles. The molecule has 4 heteroatoms. The van der Waals surface area contributed by atoms with Gasteiger partial charge in [0.1, 0.15) is 0 Å². The molecule has 0 radical (unpaired) electrons. The number of nitrogens with zero attached hydrogens (tertiary/aromatic N) is 2. The summed E-state index contributed by atoms with van der Waals surface area (Å²) in [7, 11) is 0. The summed E-state index contributed by atoms with van der Waals surface area (Å²) < 4.78 is 0. The van der Waals surface area contributed by atoms with Gasteiger partial charge in [-0.1, -0.05) is 18.2 Å². The van der Waals surface area contributed by atoms with E-state index < -0.39 is 0 Å². The molecule has 1 aromatic carbocycles. The SMILES string of the molecule is O=C(C1CCC(C(=O)N2CCc3ccccc32)CC1)N1CCCCC1. The van der Waals surface area contributed by atoms with Crippen LogP contribution >= 0.6 is 0 Å². The maximum atomic E-state index is 13.0. The number of likely N-dealkylation sites (tertiary alicyclic amines) is 1. The topological polar surface area (TPSA) is 40.6 Å². The van der Waals surface area contributed by atoms with Crippen LogP contribution in [0.3, 0.4) is 0 Å². The average Bonchev–Trinajstić information content (AvgIpc) is 3.12. The van der Waals surface area contributed by atoms with Crippen LogP contribution in [0.2, 0.25) is 0 Å². The number of fused-ring (bicyclic) bond motifs is 1. The third kappa shape index (κ3) is 3.31. The molecule has 1 aliphatic carbocycles. The number of rotatable bonds is 2. The molecular formula is C21H28N2O2. The number of amides is 2. The van der Waals surface area contributed by atoms with Crippen molar-refractivity contribution in [1.82, 2.24) is 4.90 Å². The Hall–Kier alpha value is -1.84. The summed E-state index contributed by atoms with van der Waals surface area (Å²) in [5.41, 5.74) is 2.38. The largest absolute Gasteiger partial charge is 0.342 e. The fourth-order valence-corrected chi connectivity index (χ4v) is 4.75. The molecule has 0 N–H and O–H groups in total. The van der Waals surface area contributed by atoms with Crippen LogP contribution in [0.4, 0.5) is 5.69 Å². The van der Waals surface area contributed by atoms with E-state index in [9.17, 15) is 9.59 Å². The minimum Gasteiger partial charge on any atom is -0.342 e. The fraction of sp³-hybridized carbons (Fsp3) is 0.619. The van der Waals surface area contributed by atoms with Gasteiger partial charge in [-0.3, -0.25) is 9.59 Å². The summed E-state index contributed by atoms with van der Waals surface area (Å²) in [4.78, 5) is 29.7. The smallest absolute Gasteiger partial charge is 0.230 e. The molecule has 0 spiro atoms. The highest BCUT2D eigenvalue weighted by Gasteiger charge is 2.35. The number of piperidine rings is 1. The van der Waals surface area contributed by atoms with Crippen LogP contribution < -0.4 is 4.90 Å². The molecule has 25 heavy (non-hydrogen) atoms. The highest BCUT2D eigenvalue weighted by molar-refractivity contribution is 5.97. The molecule has 3 aliphatic rings. The standard InChI is InChI=1S/C21H28N2O2/c24-20(22-13-4-1-5-14-22)17-8-10-18(11-9-17)21(25)23-15-12-16-6-2-3-7-19(16)23/h2-3,6-7,17-18H,1,4-5,8-15H2. The predicted molar refractivity (Wildman–Crippen MR) is 98.4 cm³/mol. The number of carbonyl (C=O) groups is 2. The summed E-state index contributed by atoms with van der Waals surface area (Å²) in [6.07, 6.45) is 7.99. The number of benzene rings is 1. The lowest BCUT2D eigenvalue weighted by atomic mass is 9.80. The van der Waals surface area contributed by atoms with Gasteiger partial charge in [0.25, 0.3) is 0 Å². The molecule has 1 aromatic rings. The van der Waals surface area contributed by atoms with E-state index in [2.05, 4.69) is 17.0 Å². The summed E-state index contributed by atoms with van der Waals surface area (Å²) >= 11 is 0. The molecule has 1 saturated carbocycles. The van der Waals surface area contributed by atoms with Crippen molar-refractivity contribution < 1.29 is 9.59 Å². The number of anilines is 1. The van der Waals surface area contributed by atoms with Crippen molar-refractivity contribution in [3.63, 3.8) is 0 Å². The maximum absolute atomic E-state index is 13.0. The first kappa shape index (κ1) is 16.6. The molecule has 0 unspecified atom stereocenters. The molecule has 0 aromatic heterocycles. The van der Waals surface area contributed by atoms with Crippen LogP contribution in [0.5, 0.6) is 0 Å². The molecule has 4 nitrogen and oxygen atoms in total. The van der Waals surface area contributed by atoms with Crippen LogP contribution in [0, 0.1) is 11.8 Å². The second kappa shape index (κ2) is 7.19. The molecule has 0 bridgehead atoms. The zero-order valence-corrected chi connectivity index (χ0v) is 15.0. The van der Waals surface area contributed by atoms with Crippen LogP contribution in [0.15, 0.2) is 24.3 Å². The molecule has 2 amide bonds. The molecule has 4 rings (SSSR count). The first-order chi connectivity index (χ1) is 12.2. The number of hydrogen-bond donors (Lipinski definition) is 0. The summed E-state index contributed by atoms with van der Waals surface area (Å²) in [5.74, 6) is 0.857. The van der Waals surface area contributed by atoms with Gasteiger partial charge in [-0.25, -0.2) is 0 Å². The second-order valence-electron chi connectivity index (χ2n) is 7.80. The number of carbonyl (C=O) groups excluding carboxylic acids is 2. The molecular weight excluding hydrogens is 312 g/mol. The first-order valence-corrected chi connectivity index (χ1v) is 9.92. The highest BCUT2D eigenvalue weighted by atomic mass is 16.2. The Morgan fingerprint density at radius 2 is 1.44 bits per heavy atom.